The number of rotatable bonds is 25. The third-order valence-electron chi connectivity index (χ3n) is 17.9. The van der Waals surface area contributed by atoms with Gasteiger partial charge in [0.2, 0.25) is 29.5 Å². The number of alkyl halides is 2. The Bertz CT molecular complexity index is 3830. The smallest absolute Gasteiger partial charge is 0.399 e. The van der Waals surface area contributed by atoms with Crippen LogP contribution in [-0.2, 0) is 56.7 Å². The number of fused-ring (bicyclic) bond motifs is 2. The molecule has 0 aliphatic carbocycles. The standard InChI is InChI=1S/C70H87F2N8O13PS2/c1-42(44-21-23-46(24-22-44)60-43(2)74-41-95-60)75-63(84)53-36-51(81)38-80(53)66(87)61(68(3,4)5)76-58(82)20-16-11-9-10-12-17-29-73-59(83)40-93-52-27-25-47-34-54(65(86)78-30-31-92-55(39-78)45-18-14-13-15-19-45)79(37-49(47)33-52)67(88)62(69(6,7)8)77-64(85)57-35-48-32-50(26-28-56(48)96-57)70(71,72)94(89,90)91/h13-15,18-19,21-28,32-33,35,41-42,51,53-55,61-62,81H,9-12,16-17,20,29-31,34,36-40H2,1-8H3,(H,73,83)(H,75,84)(H,76,82)(H,77,85)(H2,89,90,91)/t42-,51+,53-,54-,55-,61+,62+/m0/s1. The van der Waals surface area contributed by atoms with Crippen molar-refractivity contribution in [3.8, 4) is 16.2 Å². The maximum atomic E-state index is 15.2. The number of β-amino-alcohol motifs (C(OH)–C–C–N with tert-alkyl or cyclic N) is 1. The molecule has 9 rings (SSSR count). The van der Waals surface area contributed by atoms with Gasteiger partial charge >= 0.3 is 13.3 Å². The Labute approximate surface area is 566 Å². The number of hydrogen-bond acceptors (Lipinski definition) is 14. The molecule has 7 atom stereocenters. The third kappa shape index (κ3) is 17.8. The molecule has 21 nitrogen and oxygen atoms in total. The predicted molar refractivity (Wildman–Crippen MR) is 362 cm³/mol. The highest BCUT2D eigenvalue weighted by atomic mass is 32.1. The summed E-state index contributed by atoms with van der Waals surface area (Å²) in [5.74, 6) is -2.64. The molecular weight excluding hydrogens is 1290 g/mol. The number of unbranched alkanes of at least 4 members (excludes halogenated alkanes) is 5. The van der Waals surface area contributed by atoms with E-state index in [0.29, 0.717) is 35.4 Å². The SMILES string of the molecule is Cc1ncsc1-c1ccc([C@H](C)NC(=O)[C@@H]2C[C@@H](O)CN2C(=O)[C@@H](NC(=O)CCCCCCCCNC(=O)COc2ccc3c(c2)CN(C(=O)[C@@H](NC(=O)c2cc4cc(C(F)(F)P(=O)(O)O)ccc4s2)C(C)(C)C)[C@H](C(=O)N2CCO[C@H](c4ccccc4)C2)C3)C(C)(C)C)cc1. The Balaban J connectivity index is 0.742. The highest BCUT2D eigenvalue weighted by molar-refractivity contribution is 7.52. The summed E-state index contributed by atoms with van der Waals surface area (Å²) in [7, 11) is -5.87. The maximum absolute atomic E-state index is 15.2. The van der Waals surface area contributed by atoms with Crippen molar-refractivity contribution in [3.05, 3.63) is 141 Å². The van der Waals surface area contributed by atoms with Crippen LogP contribution in [0, 0.1) is 17.8 Å². The van der Waals surface area contributed by atoms with Crippen molar-refractivity contribution in [2.45, 2.75) is 168 Å². The number of ether oxygens (including phenoxy) is 2. The molecule has 26 heteroatoms. The number of halogens is 2. The molecule has 0 saturated carbocycles. The van der Waals surface area contributed by atoms with Gasteiger partial charge in [-0.05, 0) is 101 Å². The predicted octanol–water partition coefficient (Wildman–Crippen LogP) is 9.85. The molecule has 0 spiro atoms. The van der Waals surface area contributed by atoms with Gasteiger partial charge in [-0.15, -0.1) is 22.7 Å². The highest BCUT2D eigenvalue weighted by Gasteiger charge is 2.51. The molecule has 3 aliphatic heterocycles. The van der Waals surface area contributed by atoms with Gasteiger partial charge in [-0.2, -0.15) is 8.78 Å². The average molecular weight is 1380 g/mol. The van der Waals surface area contributed by atoms with Crippen LogP contribution in [0.3, 0.4) is 0 Å². The lowest BCUT2D eigenvalue weighted by atomic mass is 9.84. The second-order valence-electron chi connectivity index (χ2n) is 27.3. The highest BCUT2D eigenvalue weighted by Crippen LogP contribution is 2.59. The fourth-order valence-corrected chi connectivity index (χ4v) is 14.6. The van der Waals surface area contributed by atoms with Crippen molar-refractivity contribution in [2.75, 3.05) is 39.4 Å². The summed E-state index contributed by atoms with van der Waals surface area (Å²) < 4.78 is 53.5. The van der Waals surface area contributed by atoms with Crippen LogP contribution in [0.1, 0.15) is 155 Å². The first-order chi connectivity index (χ1) is 45.4. The second-order valence-corrected chi connectivity index (χ2v) is 30.9. The van der Waals surface area contributed by atoms with Crippen LogP contribution >= 0.6 is 30.3 Å². The molecule has 0 bridgehead atoms. The van der Waals surface area contributed by atoms with Gasteiger partial charge in [-0.25, -0.2) is 4.98 Å². The molecule has 2 fully saturated rings. The molecular formula is C70H87F2N8O13PS2. The van der Waals surface area contributed by atoms with E-state index < -0.39 is 83.7 Å². The van der Waals surface area contributed by atoms with Crippen molar-refractivity contribution >= 4 is 81.7 Å². The van der Waals surface area contributed by atoms with Gasteiger partial charge < -0.3 is 60.3 Å². The summed E-state index contributed by atoms with van der Waals surface area (Å²) in [6.07, 6.45) is 3.70. The van der Waals surface area contributed by atoms with Crippen LogP contribution in [0.2, 0.25) is 0 Å². The zero-order valence-corrected chi connectivity index (χ0v) is 57.9. The minimum atomic E-state index is -5.87. The van der Waals surface area contributed by atoms with Gasteiger partial charge in [-0.1, -0.05) is 134 Å². The Morgan fingerprint density at radius 3 is 2.12 bits per heavy atom. The molecule has 0 radical (unpaired) electrons. The van der Waals surface area contributed by atoms with Crippen LogP contribution in [-0.4, -0.2) is 146 Å². The lowest BCUT2D eigenvalue weighted by molar-refractivity contribution is -0.153. The summed E-state index contributed by atoms with van der Waals surface area (Å²) >= 11 is 2.51. The van der Waals surface area contributed by atoms with E-state index >= 15 is 4.79 Å². The van der Waals surface area contributed by atoms with E-state index in [1.54, 1.807) is 54.7 Å². The van der Waals surface area contributed by atoms with Gasteiger partial charge in [-0.3, -0.25) is 38.1 Å². The zero-order valence-electron chi connectivity index (χ0n) is 55.4. The van der Waals surface area contributed by atoms with Crippen molar-refractivity contribution in [1.29, 1.82) is 0 Å². The number of nitrogens with one attached hydrogen (secondary N) is 4. The number of aliphatic hydroxyl groups is 1. The molecule has 2 aromatic heterocycles. The maximum Gasteiger partial charge on any atom is 0.399 e. The van der Waals surface area contributed by atoms with E-state index in [0.717, 1.165) is 82.0 Å². The van der Waals surface area contributed by atoms with Gasteiger partial charge in [0.25, 0.3) is 11.8 Å². The Morgan fingerprint density at radius 2 is 1.45 bits per heavy atom. The first kappa shape index (κ1) is 72.8. The van der Waals surface area contributed by atoms with Crippen molar-refractivity contribution < 1.29 is 71.3 Å². The average Bonchev–Trinajstić information content (AvgIpc) is 0.836. The summed E-state index contributed by atoms with van der Waals surface area (Å²) in [6, 6.07) is 22.6. The van der Waals surface area contributed by atoms with Gasteiger partial charge in [0, 0.05) is 55.7 Å². The molecule has 4 aromatic carbocycles. The fraction of sp³-hybridized carbons (Fsp3) is 0.486. The first-order valence-electron chi connectivity index (χ1n) is 32.5. The minimum Gasteiger partial charge on any atom is -0.484 e. The normalized spacial score (nSPS) is 18.7. The number of aromatic nitrogens is 1. The zero-order chi connectivity index (χ0) is 69.4. The van der Waals surface area contributed by atoms with Gasteiger partial charge in [0.15, 0.2) is 6.61 Å². The first-order valence-corrected chi connectivity index (χ1v) is 35.8. The van der Waals surface area contributed by atoms with Crippen molar-refractivity contribution in [3.63, 3.8) is 0 Å². The number of nitrogens with zero attached hydrogens (tertiary/aromatic N) is 4. The van der Waals surface area contributed by atoms with Crippen LogP contribution in [0.4, 0.5) is 8.78 Å². The van der Waals surface area contributed by atoms with Crippen LogP contribution in [0.5, 0.6) is 5.75 Å². The number of amides is 7. The third-order valence-corrected chi connectivity index (χ3v) is 20.9. The Hall–Kier alpha value is -7.51. The topological polar surface area (TPSA) is 286 Å². The van der Waals surface area contributed by atoms with E-state index in [9.17, 15) is 57.0 Å². The number of thiazole rings is 1. The molecule has 3 aliphatic rings. The molecule has 5 heterocycles. The lowest BCUT2D eigenvalue weighted by Crippen LogP contribution is -2.61. The quantitative estimate of drug-likeness (QED) is 0.0207. The fourth-order valence-electron chi connectivity index (χ4n) is 12.4. The number of carbonyl (C=O) groups is 7. The monoisotopic (exact) mass is 1380 g/mol. The van der Waals surface area contributed by atoms with Gasteiger partial charge in [0.05, 0.1) is 46.3 Å². The molecule has 7 N–H and O–H groups in total. The second kappa shape index (κ2) is 30.9. The largest absolute Gasteiger partial charge is 0.484 e. The summed E-state index contributed by atoms with van der Waals surface area (Å²) in [5.41, 5.74) is -0.0337. The number of aryl methyl sites for hydroxylation is 1. The number of carbonyl (C=O) groups excluding carboxylic acids is 7. The van der Waals surface area contributed by atoms with Crippen LogP contribution in [0.25, 0.3) is 20.5 Å². The lowest BCUT2D eigenvalue weighted by Gasteiger charge is -2.43. The number of likely N-dealkylation sites (tertiary alicyclic amines) is 1. The molecule has 2 saturated heterocycles. The van der Waals surface area contributed by atoms with E-state index in [1.807, 2.05) is 95.3 Å². The summed E-state index contributed by atoms with van der Waals surface area (Å²) in [5, 5.41) is 22.6. The number of thiophene rings is 1. The number of aliphatic hydroxyl groups excluding tert-OH is 1. The molecule has 6 aromatic rings. The summed E-state index contributed by atoms with van der Waals surface area (Å²) in [4.78, 5) is 127. The molecule has 96 heavy (non-hydrogen) atoms. The molecule has 516 valence electrons. The van der Waals surface area contributed by atoms with Crippen LogP contribution < -0.4 is 26.0 Å². The molecule has 7 amide bonds. The molecule has 0 unspecified atom stereocenters. The van der Waals surface area contributed by atoms with E-state index in [1.165, 1.54) is 21.9 Å². The minimum absolute atomic E-state index is 0.0286. The van der Waals surface area contributed by atoms with Gasteiger partial charge in [0.1, 0.15) is 36.0 Å². The van der Waals surface area contributed by atoms with Crippen molar-refractivity contribution in [2.24, 2.45) is 10.8 Å². The van der Waals surface area contributed by atoms with E-state index in [-0.39, 0.29) is 98.6 Å². The number of benzene rings is 4. The Morgan fingerprint density at radius 1 is 0.771 bits per heavy atom. The number of morpholine rings is 1. The van der Waals surface area contributed by atoms with E-state index in [4.69, 9.17) is 9.47 Å². The number of hydrogen-bond donors (Lipinski definition) is 7. The van der Waals surface area contributed by atoms with E-state index in [2.05, 4.69) is 26.3 Å². The van der Waals surface area contributed by atoms with Crippen molar-refractivity contribution in [1.82, 2.24) is 41.0 Å². The van der Waals surface area contributed by atoms with Crippen LogP contribution in [0.15, 0.2) is 103 Å². The summed E-state index contributed by atoms with van der Waals surface area (Å²) in [6.45, 7) is 15.5. The Kier molecular flexibility index (Phi) is 23.4.